The van der Waals surface area contributed by atoms with Crippen LogP contribution in [0, 0.1) is 6.92 Å². The molecule has 1 fully saturated rings. The second-order valence-electron chi connectivity index (χ2n) is 18.1. The minimum absolute atomic E-state index is 0.249. The topological polar surface area (TPSA) is 50.3 Å². The molecule has 0 aromatic rings. The Balaban J connectivity index is 2.62. The van der Waals surface area contributed by atoms with E-state index in [4.69, 9.17) is 0 Å². The van der Waals surface area contributed by atoms with Crippen molar-refractivity contribution in [1.82, 2.24) is 24.5 Å². The van der Waals surface area contributed by atoms with E-state index < -0.39 is 0 Å². The van der Waals surface area contributed by atoms with Gasteiger partial charge in [-0.2, -0.15) is 0 Å². The number of carbonyl (C=O) groups excluding carboxylic acids is 2. The van der Waals surface area contributed by atoms with Gasteiger partial charge in [-0.15, -0.1) is 0 Å². The Kier molecular flexibility index (Phi) is 38.9. The van der Waals surface area contributed by atoms with Crippen molar-refractivity contribution >= 4 is 11.8 Å². The fourth-order valence-electron chi connectivity index (χ4n) is 8.71. The number of rotatable bonds is 43. The summed E-state index contributed by atoms with van der Waals surface area (Å²) in [5, 5.41) is 0. The second kappa shape index (κ2) is 41.2. The van der Waals surface area contributed by atoms with E-state index in [2.05, 4.69) is 49.3 Å². The van der Waals surface area contributed by atoms with Crippen molar-refractivity contribution in [2.24, 2.45) is 0 Å². The lowest BCUT2D eigenvalue weighted by molar-refractivity contribution is -0.140. The molecule has 0 aliphatic carbocycles. The number of piperazine rings is 1. The molecule has 0 aromatic heterocycles. The molecule has 1 rings (SSSR count). The normalized spacial score (nSPS) is 13.5. The van der Waals surface area contributed by atoms with Crippen LogP contribution in [0.1, 0.15) is 227 Å². The molecule has 0 unspecified atom stereocenters. The third kappa shape index (κ3) is 31.7. The number of nitrogens with zero attached hydrogens (tertiary/aromatic N) is 5. The molecule has 7 nitrogen and oxygen atoms in total. The summed E-state index contributed by atoms with van der Waals surface area (Å²) >= 11 is 0. The zero-order valence-electron chi connectivity index (χ0n) is 39.9. The van der Waals surface area contributed by atoms with Crippen molar-refractivity contribution in [3.63, 3.8) is 0 Å². The second-order valence-corrected chi connectivity index (χ2v) is 18.1. The SMILES string of the molecule is [CH2]CCN(CCCCCCCCC)CCC(=O)N1CCN(C(=O)CCN(CCCCCCCCC)CCN(CCCCCCCCC)CCCCCCCCC)CC1. The smallest absolute Gasteiger partial charge is 0.223 e. The molecule has 2 amide bonds. The molecule has 1 aliphatic heterocycles. The molecule has 0 spiro atoms. The minimum atomic E-state index is 0.249. The Morgan fingerprint density at radius 2 is 0.586 bits per heavy atom. The summed E-state index contributed by atoms with van der Waals surface area (Å²) in [4.78, 5) is 38.7. The molecule has 7 heteroatoms. The van der Waals surface area contributed by atoms with Crippen molar-refractivity contribution in [3.8, 4) is 0 Å². The first-order chi connectivity index (χ1) is 28.5. The van der Waals surface area contributed by atoms with Gasteiger partial charge >= 0.3 is 0 Å². The summed E-state index contributed by atoms with van der Waals surface area (Å²) in [6.07, 6.45) is 39.7. The fraction of sp³-hybridized carbons (Fsp3) is 0.941. The maximum absolute atomic E-state index is 13.6. The zero-order chi connectivity index (χ0) is 42.2. The maximum Gasteiger partial charge on any atom is 0.223 e. The van der Waals surface area contributed by atoms with Crippen LogP contribution in [-0.2, 0) is 9.59 Å². The highest BCUT2D eigenvalue weighted by Crippen LogP contribution is 2.14. The molecule has 1 saturated heterocycles. The van der Waals surface area contributed by atoms with E-state index in [9.17, 15) is 9.59 Å². The number of hydrogen-bond donors (Lipinski definition) is 0. The highest BCUT2D eigenvalue weighted by atomic mass is 16.2. The predicted octanol–water partition coefficient (Wildman–Crippen LogP) is 12.6. The molecule has 1 radical (unpaired) electrons. The third-order valence-corrected chi connectivity index (χ3v) is 12.8. The third-order valence-electron chi connectivity index (χ3n) is 12.8. The van der Waals surface area contributed by atoms with Gasteiger partial charge in [0.2, 0.25) is 11.8 Å². The molecule has 0 saturated carbocycles. The van der Waals surface area contributed by atoms with Gasteiger partial charge < -0.3 is 24.5 Å². The van der Waals surface area contributed by atoms with Gasteiger partial charge in [0, 0.05) is 65.2 Å². The average Bonchev–Trinajstić information content (AvgIpc) is 3.24. The Hall–Kier alpha value is -1.18. The Bertz CT molecular complexity index is 876. The number of hydrogen-bond acceptors (Lipinski definition) is 5. The summed E-state index contributed by atoms with van der Waals surface area (Å²) in [6.45, 7) is 25.4. The van der Waals surface area contributed by atoms with Crippen molar-refractivity contribution in [1.29, 1.82) is 0 Å². The monoisotopic (exact) mass is 817 g/mol. The minimum Gasteiger partial charge on any atom is -0.339 e. The van der Waals surface area contributed by atoms with E-state index in [1.165, 1.54) is 193 Å². The molecule has 1 aliphatic rings. The van der Waals surface area contributed by atoms with Crippen LogP contribution in [-0.4, -0.2) is 121 Å². The van der Waals surface area contributed by atoms with E-state index >= 15 is 0 Å². The lowest BCUT2D eigenvalue weighted by atomic mass is 10.1. The van der Waals surface area contributed by atoms with E-state index in [0.717, 1.165) is 52.2 Å². The maximum atomic E-state index is 13.6. The molecule has 0 atom stereocenters. The largest absolute Gasteiger partial charge is 0.339 e. The average molecular weight is 817 g/mol. The highest BCUT2D eigenvalue weighted by Gasteiger charge is 2.25. The Morgan fingerprint density at radius 3 is 0.862 bits per heavy atom. The van der Waals surface area contributed by atoms with Gasteiger partial charge in [0.15, 0.2) is 0 Å². The summed E-state index contributed by atoms with van der Waals surface area (Å²) in [7, 11) is 0. The Morgan fingerprint density at radius 1 is 0.345 bits per heavy atom. The molecule has 58 heavy (non-hydrogen) atoms. The van der Waals surface area contributed by atoms with Crippen LogP contribution in [0.2, 0.25) is 0 Å². The van der Waals surface area contributed by atoms with Crippen LogP contribution in [0.15, 0.2) is 0 Å². The van der Waals surface area contributed by atoms with E-state index in [0.29, 0.717) is 39.0 Å². The van der Waals surface area contributed by atoms with Gasteiger partial charge in [-0.25, -0.2) is 0 Å². The number of unbranched alkanes of at least 4 members (excludes halogenated alkanes) is 24. The lowest BCUT2D eigenvalue weighted by Crippen LogP contribution is -2.51. The molecule has 1 heterocycles. The lowest BCUT2D eigenvalue weighted by Gasteiger charge is -2.36. The predicted molar refractivity (Wildman–Crippen MR) is 254 cm³/mol. The van der Waals surface area contributed by atoms with Crippen LogP contribution >= 0.6 is 0 Å². The first-order valence-corrected chi connectivity index (χ1v) is 26.0. The first kappa shape index (κ1) is 54.8. The summed E-state index contributed by atoms with van der Waals surface area (Å²) in [6, 6.07) is 0. The summed E-state index contributed by atoms with van der Waals surface area (Å²) < 4.78 is 0. The molecule has 0 bridgehead atoms. The summed E-state index contributed by atoms with van der Waals surface area (Å²) in [5.74, 6) is 0.523. The Labute approximate surface area is 363 Å². The van der Waals surface area contributed by atoms with Crippen molar-refractivity contribution in [2.75, 3.05) is 85.1 Å². The van der Waals surface area contributed by atoms with Crippen molar-refractivity contribution < 1.29 is 9.59 Å². The summed E-state index contributed by atoms with van der Waals surface area (Å²) in [5.41, 5.74) is 0. The molecule has 0 N–H and O–H groups in total. The van der Waals surface area contributed by atoms with Gasteiger partial charge in [-0.1, -0.05) is 189 Å². The van der Waals surface area contributed by atoms with E-state index in [1.807, 2.05) is 9.80 Å². The van der Waals surface area contributed by atoms with E-state index in [-0.39, 0.29) is 11.8 Å². The van der Waals surface area contributed by atoms with Crippen molar-refractivity contribution in [2.45, 2.75) is 227 Å². The standard InChI is InChI=1S/C51H102N5O2/c1-6-11-15-19-23-27-31-38-52(37-10-5)42-35-50(57)55-46-48-56(49-47-55)51(58)36-43-54(41-34-30-26-22-18-14-9-4)45-44-53(39-32-28-24-20-16-12-7-2)40-33-29-25-21-17-13-8-3/h5-49H2,1-4H3. The van der Waals surface area contributed by atoms with E-state index in [1.54, 1.807) is 0 Å². The number of amides is 2. The fourth-order valence-corrected chi connectivity index (χ4v) is 8.71. The molecule has 0 aromatic carbocycles. The van der Waals surface area contributed by atoms with Crippen LogP contribution < -0.4 is 0 Å². The van der Waals surface area contributed by atoms with Crippen LogP contribution in [0.3, 0.4) is 0 Å². The molecule has 343 valence electrons. The van der Waals surface area contributed by atoms with Crippen molar-refractivity contribution in [3.05, 3.63) is 6.92 Å². The quantitative estimate of drug-likeness (QED) is 0.0574. The van der Waals surface area contributed by atoms with Gasteiger partial charge in [0.1, 0.15) is 0 Å². The van der Waals surface area contributed by atoms with Crippen LogP contribution in [0.4, 0.5) is 0 Å². The highest BCUT2D eigenvalue weighted by molar-refractivity contribution is 5.78. The number of carbonyl (C=O) groups is 2. The van der Waals surface area contributed by atoms with Gasteiger partial charge in [-0.3, -0.25) is 9.59 Å². The molecular formula is C51H102N5O2. The van der Waals surface area contributed by atoms with Gasteiger partial charge in [0.25, 0.3) is 0 Å². The first-order valence-electron chi connectivity index (χ1n) is 26.0. The van der Waals surface area contributed by atoms with Crippen LogP contribution in [0.5, 0.6) is 0 Å². The zero-order valence-corrected chi connectivity index (χ0v) is 39.9. The molecular weight excluding hydrogens is 715 g/mol. The van der Waals surface area contributed by atoms with Gasteiger partial charge in [-0.05, 0) is 64.8 Å². The van der Waals surface area contributed by atoms with Crippen LogP contribution in [0.25, 0.3) is 0 Å². The van der Waals surface area contributed by atoms with Gasteiger partial charge in [0.05, 0.1) is 0 Å².